The molecule has 1 fully saturated rings. The van der Waals surface area contributed by atoms with Crippen molar-refractivity contribution in [2.24, 2.45) is 5.92 Å². The summed E-state index contributed by atoms with van der Waals surface area (Å²) in [7, 11) is 3.26. The van der Waals surface area contributed by atoms with Crippen LogP contribution in [-0.4, -0.2) is 32.0 Å². The third-order valence-electron chi connectivity index (χ3n) is 3.85. The van der Waals surface area contributed by atoms with E-state index in [2.05, 4.69) is 21.2 Å². The predicted molar refractivity (Wildman–Crippen MR) is 82.3 cm³/mol. The van der Waals surface area contributed by atoms with Crippen molar-refractivity contribution >= 4 is 15.9 Å². The second kappa shape index (κ2) is 7.29. The maximum atomic E-state index is 9.80. The Kier molecular flexibility index (Phi) is 5.69. The van der Waals surface area contributed by atoms with E-state index in [0.29, 0.717) is 11.7 Å². The van der Waals surface area contributed by atoms with Gasteiger partial charge in [0.2, 0.25) is 0 Å². The molecular formula is C15H22BrNO3. The summed E-state index contributed by atoms with van der Waals surface area (Å²) >= 11 is 3.49. The number of nitrogens with one attached hydrogen (secondary N) is 1. The molecule has 0 bridgehead atoms. The fourth-order valence-corrected chi connectivity index (χ4v) is 3.38. The first kappa shape index (κ1) is 15.6. The SMILES string of the molecule is COc1cc(CNCC2CCCC2O)cc(Br)c1OC. The Morgan fingerprint density at radius 1 is 1.30 bits per heavy atom. The summed E-state index contributed by atoms with van der Waals surface area (Å²) in [4.78, 5) is 0. The molecule has 1 aromatic carbocycles. The number of aliphatic hydroxyl groups is 1. The summed E-state index contributed by atoms with van der Waals surface area (Å²) in [5, 5.41) is 13.2. The molecule has 1 saturated carbocycles. The molecule has 112 valence electrons. The van der Waals surface area contributed by atoms with Crippen molar-refractivity contribution in [3.8, 4) is 11.5 Å². The summed E-state index contributed by atoms with van der Waals surface area (Å²) < 4.78 is 11.5. The highest BCUT2D eigenvalue weighted by Crippen LogP contribution is 2.36. The van der Waals surface area contributed by atoms with Crippen molar-refractivity contribution in [3.63, 3.8) is 0 Å². The second-order valence-corrected chi connectivity index (χ2v) is 6.06. The average molecular weight is 344 g/mol. The second-order valence-electron chi connectivity index (χ2n) is 5.20. The minimum Gasteiger partial charge on any atom is -0.493 e. The van der Waals surface area contributed by atoms with Gasteiger partial charge in [-0.15, -0.1) is 0 Å². The van der Waals surface area contributed by atoms with Crippen LogP contribution in [0.2, 0.25) is 0 Å². The first-order chi connectivity index (χ1) is 9.65. The quantitative estimate of drug-likeness (QED) is 0.833. The lowest BCUT2D eigenvalue weighted by Gasteiger charge is -2.16. The lowest BCUT2D eigenvalue weighted by molar-refractivity contribution is 0.131. The topological polar surface area (TPSA) is 50.7 Å². The van der Waals surface area contributed by atoms with Crippen LogP contribution >= 0.6 is 15.9 Å². The van der Waals surface area contributed by atoms with Gasteiger partial charge >= 0.3 is 0 Å². The predicted octanol–water partition coefficient (Wildman–Crippen LogP) is 2.72. The van der Waals surface area contributed by atoms with Crippen LogP contribution in [0, 0.1) is 5.92 Å². The third-order valence-corrected chi connectivity index (χ3v) is 4.44. The molecule has 5 heteroatoms. The smallest absolute Gasteiger partial charge is 0.174 e. The van der Waals surface area contributed by atoms with Gasteiger partial charge < -0.3 is 19.9 Å². The molecule has 4 nitrogen and oxygen atoms in total. The first-order valence-electron chi connectivity index (χ1n) is 6.95. The van der Waals surface area contributed by atoms with Gasteiger partial charge in [-0.05, 0) is 52.4 Å². The summed E-state index contributed by atoms with van der Waals surface area (Å²) in [6.45, 7) is 1.61. The Bertz CT molecular complexity index is 453. The molecule has 0 radical (unpaired) electrons. The van der Waals surface area contributed by atoms with Crippen molar-refractivity contribution in [2.45, 2.75) is 31.9 Å². The monoisotopic (exact) mass is 343 g/mol. The number of methoxy groups -OCH3 is 2. The minimum atomic E-state index is -0.139. The van der Waals surface area contributed by atoms with Crippen LogP contribution in [0.15, 0.2) is 16.6 Å². The zero-order valence-electron chi connectivity index (χ0n) is 12.0. The summed E-state index contributed by atoms with van der Waals surface area (Å²) in [5.41, 5.74) is 1.13. The number of aliphatic hydroxyl groups excluding tert-OH is 1. The molecule has 0 saturated heterocycles. The highest BCUT2D eigenvalue weighted by molar-refractivity contribution is 9.10. The van der Waals surface area contributed by atoms with Crippen molar-refractivity contribution in [3.05, 3.63) is 22.2 Å². The highest BCUT2D eigenvalue weighted by atomic mass is 79.9. The van der Waals surface area contributed by atoms with Gasteiger partial charge in [-0.3, -0.25) is 0 Å². The van der Waals surface area contributed by atoms with E-state index in [9.17, 15) is 5.11 Å². The lowest BCUT2D eigenvalue weighted by atomic mass is 10.1. The lowest BCUT2D eigenvalue weighted by Crippen LogP contribution is -2.27. The van der Waals surface area contributed by atoms with Gasteiger partial charge in [0.1, 0.15) is 0 Å². The molecule has 2 atom stereocenters. The largest absolute Gasteiger partial charge is 0.493 e. The molecule has 0 spiro atoms. The van der Waals surface area contributed by atoms with E-state index >= 15 is 0 Å². The van der Waals surface area contributed by atoms with Crippen LogP contribution in [0.4, 0.5) is 0 Å². The zero-order chi connectivity index (χ0) is 14.5. The van der Waals surface area contributed by atoms with Gasteiger partial charge in [-0.25, -0.2) is 0 Å². The van der Waals surface area contributed by atoms with Crippen molar-refractivity contribution in [1.82, 2.24) is 5.32 Å². The molecule has 0 aliphatic heterocycles. The highest BCUT2D eigenvalue weighted by Gasteiger charge is 2.24. The van der Waals surface area contributed by atoms with E-state index in [-0.39, 0.29) is 6.10 Å². The normalized spacial score (nSPS) is 22.0. The maximum absolute atomic E-state index is 9.80. The Hall–Kier alpha value is -0.780. The van der Waals surface area contributed by atoms with E-state index in [1.54, 1.807) is 14.2 Å². The van der Waals surface area contributed by atoms with Crippen LogP contribution in [0.25, 0.3) is 0 Å². The van der Waals surface area contributed by atoms with E-state index < -0.39 is 0 Å². The molecule has 1 aliphatic rings. The minimum absolute atomic E-state index is 0.139. The van der Waals surface area contributed by atoms with E-state index in [1.165, 1.54) is 0 Å². The molecule has 2 rings (SSSR count). The van der Waals surface area contributed by atoms with E-state index in [4.69, 9.17) is 9.47 Å². The van der Waals surface area contributed by atoms with Crippen molar-refractivity contribution < 1.29 is 14.6 Å². The van der Waals surface area contributed by atoms with Gasteiger partial charge in [-0.1, -0.05) is 6.42 Å². The summed E-state index contributed by atoms with van der Waals surface area (Å²) in [6, 6.07) is 4.00. The first-order valence-corrected chi connectivity index (χ1v) is 7.74. The number of rotatable bonds is 6. The van der Waals surface area contributed by atoms with Gasteiger partial charge in [0.25, 0.3) is 0 Å². The molecule has 0 heterocycles. The molecular weight excluding hydrogens is 322 g/mol. The van der Waals surface area contributed by atoms with Crippen molar-refractivity contribution in [1.29, 1.82) is 0 Å². The number of hydrogen-bond acceptors (Lipinski definition) is 4. The van der Waals surface area contributed by atoms with E-state index in [1.807, 2.05) is 12.1 Å². The molecule has 0 aromatic heterocycles. The Balaban J connectivity index is 1.94. The zero-order valence-corrected chi connectivity index (χ0v) is 13.6. The van der Waals surface area contributed by atoms with Crippen LogP contribution < -0.4 is 14.8 Å². The molecule has 0 amide bonds. The summed E-state index contributed by atoms with van der Waals surface area (Å²) in [5.74, 6) is 1.82. The maximum Gasteiger partial charge on any atom is 0.174 e. The molecule has 1 aromatic rings. The molecule has 2 N–H and O–H groups in total. The summed E-state index contributed by atoms with van der Waals surface area (Å²) in [6.07, 6.45) is 3.05. The molecule has 20 heavy (non-hydrogen) atoms. The number of halogens is 1. The van der Waals surface area contributed by atoms with Crippen molar-refractivity contribution in [2.75, 3.05) is 20.8 Å². The number of ether oxygens (including phenoxy) is 2. The standard InChI is InChI=1S/C15H22BrNO3/c1-19-14-7-10(6-12(16)15(14)20-2)8-17-9-11-4-3-5-13(11)18/h6-7,11,13,17-18H,3-5,8-9H2,1-2H3. The Morgan fingerprint density at radius 2 is 2.10 bits per heavy atom. The fraction of sp³-hybridized carbons (Fsp3) is 0.600. The Labute approximate surface area is 128 Å². The van der Waals surface area contributed by atoms with E-state index in [0.717, 1.165) is 48.1 Å². The van der Waals surface area contributed by atoms with Crippen LogP contribution in [-0.2, 0) is 6.54 Å². The van der Waals surface area contributed by atoms with Crippen LogP contribution in [0.5, 0.6) is 11.5 Å². The molecule has 1 aliphatic carbocycles. The van der Waals surface area contributed by atoms with Gasteiger partial charge in [0.15, 0.2) is 11.5 Å². The van der Waals surface area contributed by atoms with Gasteiger partial charge in [0.05, 0.1) is 24.8 Å². The fourth-order valence-electron chi connectivity index (χ4n) is 2.73. The van der Waals surface area contributed by atoms with Crippen LogP contribution in [0.3, 0.4) is 0 Å². The Morgan fingerprint density at radius 3 is 2.70 bits per heavy atom. The van der Waals surface area contributed by atoms with Gasteiger partial charge in [0, 0.05) is 13.1 Å². The third kappa shape index (κ3) is 3.65. The number of hydrogen-bond donors (Lipinski definition) is 2. The van der Waals surface area contributed by atoms with Gasteiger partial charge in [-0.2, -0.15) is 0 Å². The van der Waals surface area contributed by atoms with Crippen LogP contribution in [0.1, 0.15) is 24.8 Å². The number of benzene rings is 1. The average Bonchev–Trinajstić information content (AvgIpc) is 2.84. The molecule has 2 unspecified atom stereocenters.